The van der Waals surface area contributed by atoms with E-state index in [0.717, 1.165) is 18.4 Å². The predicted molar refractivity (Wildman–Crippen MR) is 150 cm³/mol. The van der Waals surface area contributed by atoms with Crippen molar-refractivity contribution in [2.75, 3.05) is 13.1 Å². The molecule has 1 aromatic heterocycles. The smallest absolute Gasteiger partial charge is 0.408 e. The van der Waals surface area contributed by atoms with Crippen molar-refractivity contribution >= 4 is 17.9 Å². The Kier molecular flexibility index (Phi) is 7.59. The van der Waals surface area contributed by atoms with Gasteiger partial charge >= 0.3 is 6.09 Å². The van der Waals surface area contributed by atoms with E-state index >= 15 is 0 Å². The fraction of sp³-hybridized carbons (Fsp3) is 0.633. The molecule has 2 saturated heterocycles. The summed E-state index contributed by atoms with van der Waals surface area (Å²) in [6.07, 6.45) is 3.70. The zero-order valence-corrected chi connectivity index (χ0v) is 24.8. The lowest BCUT2D eigenvalue weighted by Crippen LogP contribution is -2.57. The fourth-order valence-corrected chi connectivity index (χ4v) is 6.07. The van der Waals surface area contributed by atoms with E-state index in [1.807, 2.05) is 36.8 Å². The van der Waals surface area contributed by atoms with Crippen molar-refractivity contribution in [3.05, 3.63) is 36.3 Å². The number of alkyl carbamates (subject to hydrolysis) is 1. The summed E-state index contributed by atoms with van der Waals surface area (Å²) in [6.45, 7) is 12.6. The monoisotopic (exact) mass is 568 g/mol. The molecular formula is C30H41FN6O4. The van der Waals surface area contributed by atoms with Crippen LogP contribution in [0.1, 0.15) is 60.8 Å². The van der Waals surface area contributed by atoms with Crippen LogP contribution < -0.4 is 5.32 Å². The van der Waals surface area contributed by atoms with Crippen molar-refractivity contribution in [3.63, 3.8) is 0 Å². The molecule has 1 aliphatic carbocycles. The Morgan fingerprint density at radius 3 is 2.34 bits per heavy atom. The first-order valence-electron chi connectivity index (χ1n) is 14.5. The number of nitrogens with zero attached hydrogens (tertiary/aromatic N) is 5. The van der Waals surface area contributed by atoms with Gasteiger partial charge in [0.2, 0.25) is 11.8 Å². The van der Waals surface area contributed by atoms with E-state index in [9.17, 15) is 18.8 Å². The maximum absolute atomic E-state index is 14.2. The van der Waals surface area contributed by atoms with Gasteiger partial charge in [0.1, 0.15) is 23.2 Å². The number of ether oxygens (including phenoxy) is 1. The highest BCUT2D eigenvalue weighted by atomic mass is 19.1. The van der Waals surface area contributed by atoms with Gasteiger partial charge in [-0.3, -0.25) is 14.3 Å². The molecule has 11 heteroatoms. The molecule has 3 heterocycles. The standard InChI is InChI=1S/C30H41FN6O4/c1-29(2,3)25(32-28(40)41-30(4,5)6)27(39)36-14-13-23-24(36)20(16-37(23)26(38)19-7-8-19)15-35-17-22(33-34-35)18-9-11-21(31)12-10-18/h9-12,17,19-20,23-25H,7-8,13-16H2,1-6H3,(H,32,40)/t20-,23+,24+,25+/m0/s1. The van der Waals surface area contributed by atoms with Crippen molar-refractivity contribution in [3.8, 4) is 11.3 Å². The average Bonchev–Trinajstić information content (AvgIpc) is 3.30. The third-order valence-electron chi connectivity index (χ3n) is 8.10. The fourth-order valence-electron chi connectivity index (χ4n) is 6.07. The first-order valence-corrected chi connectivity index (χ1v) is 14.5. The highest BCUT2D eigenvalue weighted by molar-refractivity contribution is 5.88. The summed E-state index contributed by atoms with van der Waals surface area (Å²) < 4.78 is 20.6. The summed E-state index contributed by atoms with van der Waals surface area (Å²) in [5, 5.41) is 11.4. The third kappa shape index (κ3) is 6.38. The predicted octanol–water partition coefficient (Wildman–Crippen LogP) is 3.86. The number of halogens is 1. The average molecular weight is 569 g/mol. The molecule has 41 heavy (non-hydrogen) atoms. The second-order valence-corrected chi connectivity index (χ2v) is 13.7. The van der Waals surface area contributed by atoms with Gasteiger partial charge in [0, 0.05) is 37.0 Å². The third-order valence-corrected chi connectivity index (χ3v) is 8.10. The molecule has 2 aromatic rings. The summed E-state index contributed by atoms with van der Waals surface area (Å²) in [7, 11) is 0. The molecule has 3 amide bonds. The van der Waals surface area contributed by atoms with Crippen LogP contribution in [0, 0.1) is 23.1 Å². The van der Waals surface area contributed by atoms with Crippen LogP contribution in [-0.2, 0) is 20.9 Å². The van der Waals surface area contributed by atoms with Crippen molar-refractivity contribution < 1.29 is 23.5 Å². The minimum Gasteiger partial charge on any atom is -0.444 e. The number of carbonyl (C=O) groups excluding carboxylic acids is 3. The molecule has 0 bridgehead atoms. The zero-order chi connectivity index (χ0) is 29.7. The molecule has 1 aromatic carbocycles. The number of hydrogen-bond acceptors (Lipinski definition) is 6. The summed E-state index contributed by atoms with van der Waals surface area (Å²) in [5.74, 6) is -0.320. The molecule has 1 saturated carbocycles. The summed E-state index contributed by atoms with van der Waals surface area (Å²) in [5.41, 5.74) is 0.115. The largest absolute Gasteiger partial charge is 0.444 e. The van der Waals surface area contributed by atoms with E-state index in [-0.39, 0.29) is 41.6 Å². The second-order valence-electron chi connectivity index (χ2n) is 13.7. The Balaban J connectivity index is 1.39. The minimum atomic E-state index is -0.804. The van der Waals surface area contributed by atoms with Crippen molar-refractivity contribution in [2.45, 2.75) is 91.1 Å². The van der Waals surface area contributed by atoms with E-state index in [0.29, 0.717) is 31.7 Å². The second kappa shape index (κ2) is 10.7. The van der Waals surface area contributed by atoms with Gasteiger partial charge in [0.05, 0.1) is 18.3 Å². The lowest BCUT2D eigenvalue weighted by molar-refractivity contribution is -0.138. The first-order chi connectivity index (χ1) is 19.2. The van der Waals surface area contributed by atoms with Crippen LogP contribution in [0.25, 0.3) is 11.3 Å². The van der Waals surface area contributed by atoms with Gasteiger partial charge in [0.25, 0.3) is 0 Å². The lowest BCUT2D eigenvalue weighted by Gasteiger charge is -2.37. The number of hydrogen-bond donors (Lipinski definition) is 1. The number of aromatic nitrogens is 3. The number of carbonyl (C=O) groups is 3. The summed E-state index contributed by atoms with van der Waals surface area (Å²) in [6, 6.07) is 4.99. The van der Waals surface area contributed by atoms with Gasteiger partial charge in [0.15, 0.2) is 0 Å². The van der Waals surface area contributed by atoms with Crippen LogP contribution in [0.4, 0.5) is 9.18 Å². The Hall–Kier alpha value is -3.50. The Morgan fingerprint density at radius 1 is 1.05 bits per heavy atom. The van der Waals surface area contributed by atoms with E-state index in [4.69, 9.17) is 4.74 Å². The maximum Gasteiger partial charge on any atom is 0.408 e. The molecule has 0 spiro atoms. The van der Waals surface area contributed by atoms with E-state index in [1.54, 1.807) is 37.6 Å². The molecule has 0 radical (unpaired) electrons. The van der Waals surface area contributed by atoms with Crippen LogP contribution >= 0.6 is 0 Å². The van der Waals surface area contributed by atoms with Crippen molar-refractivity contribution in [1.29, 1.82) is 0 Å². The van der Waals surface area contributed by atoms with Gasteiger partial charge < -0.3 is 19.9 Å². The van der Waals surface area contributed by atoms with Gasteiger partial charge in [-0.1, -0.05) is 26.0 Å². The first kappa shape index (κ1) is 29.0. The van der Waals surface area contributed by atoms with E-state index in [1.165, 1.54) is 12.1 Å². The maximum atomic E-state index is 14.2. The number of benzene rings is 1. The number of amides is 3. The van der Waals surface area contributed by atoms with Crippen molar-refractivity contribution in [2.24, 2.45) is 17.3 Å². The molecule has 222 valence electrons. The molecule has 4 atom stereocenters. The van der Waals surface area contributed by atoms with E-state index in [2.05, 4.69) is 15.6 Å². The molecule has 1 N–H and O–H groups in total. The zero-order valence-electron chi connectivity index (χ0n) is 24.8. The SMILES string of the molecule is CC(C)(C)OC(=O)N[C@H](C(=O)N1CC[C@@H]2[C@H]1[C@@H](Cn1cc(-c3ccc(F)cc3)nn1)CN2C(=O)C1CC1)C(C)(C)C. The van der Waals surface area contributed by atoms with Crippen LogP contribution in [0.3, 0.4) is 0 Å². The Labute approximate surface area is 240 Å². The number of nitrogens with one attached hydrogen (secondary N) is 1. The molecule has 10 nitrogen and oxygen atoms in total. The Morgan fingerprint density at radius 2 is 1.73 bits per heavy atom. The minimum absolute atomic E-state index is 0.0703. The van der Waals surface area contributed by atoms with Crippen LogP contribution in [0.15, 0.2) is 30.5 Å². The molecular weight excluding hydrogens is 527 g/mol. The Bertz CT molecular complexity index is 1290. The molecule has 3 fully saturated rings. The summed E-state index contributed by atoms with van der Waals surface area (Å²) >= 11 is 0. The highest BCUT2D eigenvalue weighted by Crippen LogP contribution is 2.41. The molecule has 5 rings (SSSR count). The molecule has 0 unspecified atom stereocenters. The molecule has 2 aliphatic heterocycles. The normalized spacial score (nSPS) is 23.3. The molecule has 3 aliphatic rings. The summed E-state index contributed by atoms with van der Waals surface area (Å²) in [4.78, 5) is 44.0. The van der Waals surface area contributed by atoms with E-state index < -0.39 is 23.2 Å². The van der Waals surface area contributed by atoms with Crippen LogP contribution in [0.2, 0.25) is 0 Å². The highest BCUT2D eigenvalue weighted by Gasteiger charge is 2.54. The topological polar surface area (TPSA) is 110 Å². The quantitative estimate of drug-likeness (QED) is 0.567. The van der Waals surface area contributed by atoms with Gasteiger partial charge in [-0.05, 0) is 69.7 Å². The number of fused-ring (bicyclic) bond motifs is 1. The van der Waals surface area contributed by atoms with Crippen LogP contribution in [0.5, 0.6) is 0 Å². The van der Waals surface area contributed by atoms with Gasteiger partial charge in [-0.15, -0.1) is 5.10 Å². The van der Waals surface area contributed by atoms with Crippen molar-refractivity contribution in [1.82, 2.24) is 30.1 Å². The van der Waals surface area contributed by atoms with Gasteiger partial charge in [-0.2, -0.15) is 0 Å². The number of rotatable bonds is 6. The lowest BCUT2D eigenvalue weighted by atomic mass is 9.85. The van der Waals surface area contributed by atoms with Crippen LogP contribution in [-0.4, -0.2) is 79.5 Å². The van der Waals surface area contributed by atoms with Gasteiger partial charge in [-0.25, -0.2) is 9.18 Å². The number of likely N-dealkylation sites (tertiary alicyclic amines) is 2.